The van der Waals surface area contributed by atoms with Crippen molar-refractivity contribution in [1.29, 1.82) is 0 Å². The summed E-state index contributed by atoms with van der Waals surface area (Å²) in [5.41, 5.74) is 1.70. The third-order valence-electron chi connectivity index (χ3n) is 2.61. The quantitative estimate of drug-likeness (QED) is 0.805. The number of aromatic nitrogens is 2. The van der Waals surface area contributed by atoms with Crippen LogP contribution in [0.2, 0.25) is 0 Å². The first-order chi connectivity index (χ1) is 9.83. The molecule has 0 saturated heterocycles. The molecule has 0 aliphatic heterocycles. The molecule has 0 atom stereocenters. The SMILES string of the molecule is O=C(NCc1csc(-c2ccccn2)n1)c1cccs1. The molecule has 0 aliphatic rings. The highest BCUT2D eigenvalue weighted by atomic mass is 32.1. The van der Waals surface area contributed by atoms with Crippen LogP contribution in [-0.2, 0) is 6.54 Å². The molecule has 0 bridgehead atoms. The highest BCUT2D eigenvalue weighted by molar-refractivity contribution is 7.13. The molecule has 100 valence electrons. The van der Waals surface area contributed by atoms with E-state index in [0.717, 1.165) is 16.4 Å². The summed E-state index contributed by atoms with van der Waals surface area (Å²) < 4.78 is 0. The minimum absolute atomic E-state index is 0.0626. The Morgan fingerprint density at radius 2 is 2.15 bits per heavy atom. The van der Waals surface area contributed by atoms with Gasteiger partial charge in [0.05, 0.1) is 22.8 Å². The van der Waals surface area contributed by atoms with Gasteiger partial charge in [-0.3, -0.25) is 9.78 Å². The number of pyridine rings is 1. The highest BCUT2D eigenvalue weighted by Crippen LogP contribution is 2.21. The van der Waals surface area contributed by atoms with Crippen LogP contribution >= 0.6 is 22.7 Å². The lowest BCUT2D eigenvalue weighted by Gasteiger charge is -2.00. The van der Waals surface area contributed by atoms with E-state index in [-0.39, 0.29) is 5.91 Å². The summed E-state index contributed by atoms with van der Waals surface area (Å²) >= 11 is 2.96. The van der Waals surface area contributed by atoms with Gasteiger partial charge in [-0.1, -0.05) is 12.1 Å². The van der Waals surface area contributed by atoms with Crippen molar-refractivity contribution in [3.63, 3.8) is 0 Å². The number of nitrogens with zero attached hydrogens (tertiary/aromatic N) is 2. The molecule has 4 nitrogen and oxygen atoms in total. The first-order valence-corrected chi connectivity index (χ1v) is 7.76. The smallest absolute Gasteiger partial charge is 0.261 e. The Morgan fingerprint density at radius 1 is 1.20 bits per heavy atom. The van der Waals surface area contributed by atoms with Crippen LogP contribution in [0.5, 0.6) is 0 Å². The van der Waals surface area contributed by atoms with Gasteiger partial charge in [-0.2, -0.15) is 0 Å². The number of carbonyl (C=O) groups excluding carboxylic acids is 1. The zero-order chi connectivity index (χ0) is 13.8. The van der Waals surface area contributed by atoms with Gasteiger partial charge in [-0.15, -0.1) is 22.7 Å². The Kier molecular flexibility index (Phi) is 3.85. The van der Waals surface area contributed by atoms with Crippen LogP contribution in [0, 0.1) is 0 Å². The van der Waals surface area contributed by atoms with E-state index >= 15 is 0 Å². The van der Waals surface area contributed by atoms with Crippen LogP contribution in [-0.4, -0.2) is 15.9 Å². The largest absolute Gasteiger partial charge is 0.346 e. The number of carbonyl (C=O) groups is 1. The fourth-order valence-corrected chi connectivity index (χ4v) is 3.10. The maximum Gasteiger partial charge on any atom is 0.261 e. The molecule has 0 unspecified atom stereocenters. The normalized spacial score (nSPS) is 10.4. The Morgan fingerprint density at radius 3 is 2.90 bits per heavy atom. The molecule has 3 rings (SSSR count). The van der Waals surface area contributed by atoms with Crippen LogP contribution in [0.25, 0.3) is 10.7 Å². The number of hydrogen-bond acceptors (Lipinski definition) is 5. The van der Waals surface area contributed by atoms with E-state index in [9.17, 15) is 4.79 Å². The lowest BCUT2D eigenvalue weighted by Crippen LogP contribution is -2.21. The summed E-state index contributed by atoms with van der Waals surface area (Å²) in [6, 6.07) is 9.40. The topological polar surface area (TPSA) is 54.9 Å². The van der Waals surface area contributed by atoms with Crippen molar-refractivity contribution >= 4 is 28.6 Å². The van der Waals surface area contributed by atoms with E-state index in [1.807, 2.05) is 35.0 Å². The molecule has 20 heavy (non-hydrogen) atoms. The molecule has 1 amide bonds. The fourth-order valence-electron chi connectivity index (χ4n) is 1.66. The molecule has 3 aromatic rings. The van der Waals surface area contributed by atoms with E-state index in [2.05, 4.69) is 15.3 Å². The monoisotopic (exact) mass is 301 g/mol. The van der Waals surface area contributed by atoms with Crippen molar-refractivity contribution in [2.24, 2.45) is 0 Å². The second-order valence-corrected chi connectivity index (χ2v) is 5.82. The van der Waals surface area contributed by atoms with E-state index in [4.69, 9.17) is 0 Å². The van der Waals surface area contributed by atoms with Crippen molar-refractivity contribution in [2.75, 3.05) is 0 Å². The predicted octanol–water partition coefficient (Wildman–Crippen LogP) is 3.20. The van der Waals surface area contributed by atoms with Crippen molar-refractivity contribution in [1.82, 2.24) is 15.3 Å². The van der Waals surface area contributed by atoms with E-state index < -0.39 is 0 Å². The molecule has 0 spiro atoms. The molecule has 0 aromatic carbocycles. The Labute approximate surface area is 124 Å². The van der Waals surface area contributed by atoms with Crippen molar-refractivity contribution in [3.8, 4) is 10.7 Å². The summed E-state index contributed by atoms with van der Waals surface area (Å²) in [5, 5.41) is 7.56. The van der Waals surface area contributed by atoms with Crippen molar-refractivity contribution < 1.29 is 4.79 Å². The lowest BCUT2D eigenvalue weighted by atomic mass is 10.3. The number of nitrogens with one attached hydrogen (secondary N) is 1. The van der Waals surface area contributed by atoms with Gasteiger partial charge in [0.2, 0.25) is 0 Å². The highest BCUT2D eigenvalue weighted by Gasteiger charge is 2.08. The first kappa shape index (κ1) is 13.0. The first-order valence-electron chi connectivity index (χ1n) is 6.00. The molecule has 0 aliphatic carbocycles. The van der Waals surface area contributed by atoms with Crippen molar-refractivity contribution in [3.05, 3.63) is 57.9 Å². The lowest BCUT2D eigenvalue weighted by molar-refractivity contribution is 0.0954. The Bertz CT molecular complexity index is 692. The fraction of sp³-hybridized carbons (Fsp3) is 0.0714. The zero-order valence-electron chi connectivity index (χ0n) is 10.4. The minimum Gasteiger partial charge on any atom is -0.346 e. The van der Waals surface area contributed by atoms with E-state index in [1.54, 1.807) is 12.3 Å². The third kappa shape index (κ3) is 2.92. The molecule has 0 saturated carbocycles. The summed E-state index contributed by atoms with van der Waals surface area (Å²) in [6.07, 6.45) is 1.75. The number of thiophene rings is 1. The van der Waals surface area contributed by atoms with Gasteiger partial charge in [-0.25, -0.2) is 4.98 Å². The average molecular weight is 301 g/mol. The van der Waals surface area contributed by atoms with Crippen LogP contribution in [0.3, 0.4) is 0 Å². The number of hydrogen-bond donors (Lipinski definition) is 1. The summed E-state index contributed by atoms with van der Waals surface area (Å²) in [5.74, 6) is -0.0626. The summed E-state index contributed by atoms with van der Waals surface area (Å²) in [7, 11) is 0. The van der Waals surface area contributed by atoms with Crippen LogP contribution in [0.1, 0.15) is 15.4 Å². The van der Waals surface area contributed by atoms with Gasteiger partial charge in [0.1, 0.15) is 5.01 Å². The van der Waals surface area contributed by atoms with Gasteiger partial charge in [0, 0.05) is 11.6 Å². The number of rotatable bonds is 4. The maximum atomic E-state index is 11.8. The molecular formula is C14H11N3OS2. The van der Waals surface area contributed by atoms with Gasteiger partial charge in [0.25, 0.3) is 5.91 Å². The molecular weight excluding hydrogens is 290 g/mol. The summed E-state index contributed by atoms with van der Waals surface area (Å²) in [6.45, 7) is 0.431. The minimum atomic E-state index is -0.0626. The summed E-state index contributed by atoms with van der Waals surface area (Å²) in [4.78, 5) is 21.3. The molecule has 1 N–H and O–H groups in total. The van der Waals surface area contributed by atoms with Crippen LogP contribution in [0.4, 0.5) is 0 Å². The van der Waals surface area contributed by atoms with E-state index in [0.29, 0.717) is 11.4 Å². The van der Waals surface area contributed by atoms with E-state index in [1.165, 1.54) is 22.7 Å². The molecule has 0 fully saturated rings. The van der Waals surface area contributed by atoms with Gasteiger partial charge < -0.3 is 5.32 Å². The second-order valence-electron chi connectivity index (χ2n) is 4.02. The van der Waals surface area contributed by atoms with Crippen molar-refractivity contribution in [2.45, 2.75) is 6.54 Å². The number of amides is 1. The maximum absolute atomic E-state index is 11.8. The number of thiazole rings is 1. The van der Waals surface area contributed by atoms with Crippen LogP contribution in [0.15, 0.2) is 47.3 Å². The zero-order valence-corrected chi connectivity index (χ0v) is 12.1. The average Bonchev–Trinajstić information content (AvgIpc) is 3.17. The van der Waals surface area contributed by atoms with Gasteiger partial charge >= 0.3 is 0 Å². The van der Waals surface area contributed by atoms with Gasteiger partial charge in [-0.05, 0) is 23.6 Å². The van der Waals surface area contributed by atoms with Gasteiger partial charge in [0.15, 0.2) is 0 Å². The predicted molar refractivity (Wildman–Crippen MR) is 80.8 cm³/mol. The molecule has 3 aromatic heterocycles. The molecule has 6 heteroatoms. The Hall–Kier alpha value is -2.05. The molecule has 3 heterocycles. The molecule has 0 radical (unpaired) electrons. The Balaban J connectivity index is 1.65. The standard InChI is InChI=1S/C14H11N3OS2/c18-13(12-5-3-7-19-12)16-8-10-9-20-14(17-10)11-4-1-2-6-15-11/h1-7,9H,8H2,(H,16,18). The third-order valence-corrected chi connectivity index (χ3v) is 4.39. The van der Waals surface area contributed by atoms with Crippen LogP contribution < -0.4 is 5.32 Å². The second kappa shape index (κ2) is 5.94.